The summed E-state index contributed by atoms with van der Waals surface area (Å²) in [5.74, 6) is 1.55. The summed E-state index contributed by atoms with van der Waals surface area (Å²) in [4.78, 5) is 0. The van der Waals surface area contributed by atoms with Crippen LogP contribution < -0.4 is 0 Å². The molecule has 1 saturated heterocycles. The van der Waals surface area contributed by atoms with Gasteiger partial charge in [0.1, 0.15) is 0 Å². The third-order valence-electron chi connectivity index (χ3n) is 5.50. The lowest BCUT2D eigenvalue weighted by Crippen LogP contribution is -2.38. The second kappa shape index (κ2) is 6.63. The van der Waals surface area contributed by atoms with Gasteiger partial charge < -0.3 is 9.31 Å². The van der Waals surface area contributed by atoms with Gasteiger partial charge in [-0.15, -0.1) is 0 Å². The highest BCUT2D eigenvalue weighted by Gasteiger charge is 2.45. The maximum absolute atomic E-state index is 6.29. The molecule has 3 fully saturated rings. The van der Waals surface area contributed by atoms with Gasteiger partial charge in [0.2, 0.25) is 0 Å². The molecule has 19 heavy (non-hydrogen) atoms. The van der Waals surface area contributed by atoms with Crippen LogP contribution in [-0.4, -0.2) is 19.3 Å². The molecule has 1 aliphatic heterocycles. The van der Waals surface area contributed by atoms with E-state index in [1.807, 2.05) is 0 Å². The summed E-state index contributed by atoms with van der Waals surface area (Å²) < 4.78 is 12.6. The van der Waals surface area contributed by atoms with Crippen LogP contribution in [0.3, 0.4) is 0 Å². The highest BCUT2D eigenvalue weighted by Crippen LogP contribution is 2.40. The molecule has 3 aliphatic rings. The van der Waals surface area contributed by atoms with E-state index in [9.17, 15) is 0 Å². The van der Waals surface area contributed by atoms with Crippen LogP contribution in [0.5, 0.6) is 0 Å². The van der Waals surface area contributed by atoms with E-state index in [0.29, 0.717) is 12.2 Å². The molecular formula is C16H29BO2. The van der Waals surface area contributed by atoms with Crippen LogP contribution in [0.15, 0.2) is 0 Å². The lowest BCUT2D eigenvalue weighted by molar-refractivity contribution is 0.0324. The van der Waals surface area contributed by atoms with Crippen LogP contribution in [-0.2, 0) is 9.31 Å². The fourth-order valence-electron chi connectivity index (χ4n) is 4.41. The molecule has 0 amide bonds. The van der Waals surface area contributed by atoms with Crippen LogP contribution in [0.4, 0.5) is 0 Å². The van der Waals surface area contributed by atoms with Crippen molar-refractivity contribution in [3.8, 4) is 0 Å². The van der Waals surface area contributed by atoms with Crippen molar-refractivity contribution in [1.82, 2.24) is 0 Å². The van der Waals surface area contributed by atoms with E-state index in [2.05, 4.69) is 6.92 Å². The van der Waals surface area contributed by atoms with Crippen molar-refractivity contribution in [2.75, 3.05) is 0 Å². The van der Waals surface area contributed by atoms with Crippen molar-refractivity contribution < 1.29 is 9.31 Å². The second-order valence-electron chi connectivity index (χ2n) is 6.84. The van der Waals surface area contributed by atoms with E-state index in [1.54, 1.807) is 0 Å². The highest BCUT2D eigenvalue weighted by molar-refractivity contribution is 6.45. The maximum atomic E-state index is 6.29. The van der Waals surface area contributed by atoms with Crippen LogP contribution >= 0.6 is 0 Å². The van der Waals surface area contributed by atoms with Crippen molar-refractivity contribution in [3.63, 3.8) is 0 Å². The van der Waals surface area contributed by atoms with Gasteiger partial charge in [0.05, 0.1) is 12.2 Å². The Hall–Kier alpha value is -0.0151. The first-order valence-corrected chi connectivity index (χ1v) is 8.69. The highest BCUT2D eigenvalue weighted by atomic mass is 16.7. The molecule has 0 bridgehead atoms. The Morgan fingerprint density at radius 2 is 1.16 bits per heavy atom. The Kier molecular flexibility index (Phi) is 4.86. The Morgan fingerprint density at radius 3 is 1.53 bits per heavy atom. The van der Waals surface area contributed by atoms with Gasteiger partial charge in [-0.2, -0.15) is 0 Å². The Bertz CT molecular complexity index is 246. The van der Waals surface area contributed by atoms with Gasteiger partial charge in [0.15, 0.2) is 0 Å². The van der Waals surface area contributed by atoms with Gasteiger partial charge in [0.25, 0.3) is 0 Å². The third kappa shape index (κ3) is 3.18. The first-order chi connectivity index (χ1) is 9.38. The molecule has 0 spiro atoms. The largest absolute Gasteiger partial charge is 0.457 e. The third-order valence-corrected chi connectivity index (χ3v) is 5.50. The molecule has 1 unspecified atom stereocenters. The van der Waals surface area contributed by atoms with E-state index in [-0.39, 0.29) is 7.12 Å². The SMILES string of the molecule is CCB1OC(C2CCCCC2)[C@@H](C2CCCCC2)O1. The standard InChI is InChI=1S/C16H29BO2/c1-2-17-18-15(13-9-5-3-6-10-13)16(19-17)14-11-7-4-8-12-14/h13-16H,2-12H2,1H3/t15-,16?/m1/s1. The summed E-state index contributed by atoms with van der Waals surface area (Å²) in [5.41, 5.74) is 0. The second-order valence-corrected chi connectivity index (χ2v) is 6.84. The predicted octanol–water partition coefficient (Wildman–Crippen LogP) is 4.44. The average molecular weight is 264 g/mol. The Balaban J connectivity index is 1.67. The van der Waals surface area contributed by atoms with Crippen molar-refractivity contribution in [2.45, 2.75) is 89.7 Å². The van der Waals surface area contributed by atoms with E-state index in [0.717, 1.165) is 18.2 Å². The molecule has 2 aliphatic carbocycles. The van der Waals surface area contributed by atoms with Crippen molar-refractivity contribution in [3.05, 3.63) is 0 Å². The molecular weight excluding hydrogens is 235 g/mol. The van der Waals surface area contributed by atoms with Gasteiger partial charge in [-0.25, -0.2) is 0 Å². The summed E-state index contributed by atoms with van der Waals surface area (Å²) >= 11 is 0. The maximum Gasteiger partial charge on any atom is 0.457 e. The van der Waals surface area contributed by atoms with Crippen LogP contribution in [0.1, 0.15) is 71.1 Å². The van der Waals surface area contributed by atoms with E-state index < -0.39 is 0 Å². The Morgan fingerprint density at radius 1 is 0.737 bits per heavy atom. The topological polar surface area (TPSA) is 18.5 Å². The zero-order valence-electron chi connectivity index (χ0n) is 12.5. The van der Waals surface area contributed by atoms with Gasteiger partial charge in [-0.05, 0) is 43.8 Å². The molecule has 108 valence electrons. The molecule has 0 aromatic heterocycles. The number of rotatable bonds is 3. The fourth-order valence-corrected chi connectivity index (χ4v) is 4.41. The van der Waals surface area contributed by atoms with Gasteiger partial charge in [0, 0.05) is 0 Å². The van der Waals surface area contributed by atoms with Crippen LogP contribution in [0.25, 0.3) is 0 Å². The minimum atomic E-state index is 0.0823. The molecule has 0 N–H and O–H groups in total. The molecule has 0 aromatic rings. The molecule has 2 nitrogen and oxygen atoms in total. The fraction of sp³-hybridized carbons (Fsp3) is 1.00. The minimum Gasteiger partial charge on any atom is -0.405 e. The monoisotopic (exact) mass is 264 g/mol. The van der Waals surface area contributed by atoms with E-state index in [1.165, 1.54) is 64.2 Å². The number of hydrogen-bond donors (Lipinski definition) is 0. The molecule has 1 heterocycles. The molecule has 2 saturated carbocycles. The summed E-state index contributed by atoms with van der Waals surface area (Å²) in [6.07, 6.45) is 15.8. The van der Waals surface area contributed by atoms with E-state index >= 15 is 0 Å². The Labute approximate surface area is 118 Å². The first-order valence-electron chi connectivity index (χ1n) is 8.69. The lowest BCUT2D eigenvalue weighted by atomic mass is 9.77. The van der Waals surface area contributed by atoms with Gasteiger partial charge in [-0.3, -0.25) is 0 Å². The molecule has 0 radical (unpaired) electrons. The lowest BCUT2D eigenvalue weighted by Gasteiger charge is -2.35. The summed E-state index contributed by atoms with van der Waals surface area (Å²) in [5, 5.41) is 0. The predicted molar refractivity (Wildman–Crippen MR) is 79.1 cm³/mol. The van der Waals surface area contributed by atoms with Crippen molar-refractivity contribution in [2.24, 2.45) is 11.8 Å². The molecule has 3 rings (SSSR count). The van der Waals surface area contributed by atoms with Gasteiger partial charge >= 0.3 is 7.12 Å². The summed E-state index contributed by atoms with van der Waals surface area (Å²) in [6.45, 7) is 2.19. The zero-order valence-corrected chi connectivity index (χ0v) is 12.5. The van der Waals surface area contributed by atoms with E-state index in [4.69, 9.17) is 9.31 Å². The molecule has 3 heteroatoms. The van der Waals surface area contributed by atoms with Crippen LogP contribution in [0, 0.1) is 11.8 Å². The minimum absolute atomic E-state index is 0.0823. The summed E-state index contributed by atoms with van der Waals surface area (Å²) in [6, 6.07) is 0. The molecule has 2 atom stereocenters. The quantitative estimate of drug-likeness (QED) is 0.701. The first kappa shape index (κ1) is 13.9. The van der Waals surface area contributed by atoms with Crippen molar-refractivity contribution >= 4 is 7.12 Å². The average Bonchev–Trinajstić information content (AvgIpc) is 2.93. The normalized spacial score (nSPS) is 34.9. The zero-order chi connectivity index (χ0) is 13.1. The smallest absolute Gasteiger partial charge is 0.405 e. The summed E-state index contributed by atoms with van der Waals surface area (Å²) in [7, 11) is 0.0823. The van der Waals surface area contributed by atoms with Crippen molar-refractivity contribution in [1.29, 1.82) is 0 Å². The van der Waals surface area contributed by atoms with Crippen LogP contribution in [0.2, 0.25) is 6.32 Å². The van der Waals surface area contributed by atoms with Gasteiger partial charge in [-0.1, -0.05) is 45.4 Å². The molecule has 0 aromatic carbocycles. The number of hydrogen-bond acceptors (Lipinski definition) is 2.